The van der Waals surface area contributed by atoms with Crippen LogP contribution >= 0.6 is 0 Å². The van der Waals surface area contributed by atoms with Crippen molar-refractivity contribution in [3.8, 4) is 0 Å². The molecule has 1 saturated carbocycles. The number of anilines is 1. The summed E-state index contributed by atoms with van der Waals surface area (Å²) in [6.07, 6.45) is 7.09. The standard InChI is InChI=1S/C15H24N4O/c1-11(2)7-8-16-14-9-13(17-10-18-14)15(20)19-12-5-3-4-6-12/h9-12H,3-8H2,1-2H3,(H,19,20)(H,16,17,18). The van der Waals surface area contributed by atoms with E-state index in [4.69, 9.17) is 0 Å². The Morgan fingerprint density at radius 2 is 2.10 bits per heavy atom. The van der Waals surface area contributed by atoms with Gasteiger partial charge in [-0.1, -0.05) is 26.7 Å². The molecule has 0 bridgehead atoms. The molecule has 5 heteroatoms. The molecule has 1 aromatic rings. The van der Waals surface area contributed by atoms with Gasteiger partial charge >= 0.3 is 0 Å². The molecule has 2 N–H and O–H groups in total. The summed E-state index contributed by atoms with van der Waals surface area (Å²) in [6.45, 7) is 5.22. The van der Waals surface area contributed by atoms with Crippen molar-refractivity contribution in [2.75, 3.05) is 11.9 Å². The van der Waals surface area contributed by atoms with Gasteiger partial charge in [0.1, 0.15) is 17.8 Å². The average Bonchev–Trinajstić information content (AvgIpc) is 2.91. The lowest BCUT2D eigenvalue weighted by Gasteiger charge is -2.12. The van der Waals surface area contributed by atoms with Crippen molar-refractivity contribution < 1.29 is 4.79 Å². The zero-order chi connectivity index (χ0) is 14.4. The molecule has 0 radical (unpaired) electrons. The van der Waals surface area contributed by atoms with Gasteiger partial charge in [-0.15, -0.1) is 0 Å². The summed E-state index contributed by atoms with van der Waals surface area (Å²) in [6, 6.07) is 2.04. The summed E-state index contributed by atoms with van der Waals surface area (Å²) in [7, 11) is 0. The van der Waals surface area contributed by atoms with Crippen molar-refractivity contribution >= 4 is 11.7 Å². The smallest absolute Gasteiger partial charge is 0.270 e. The zero-order valence-electron chi connectivity index (χ0n) is 12.4. The van der Waals surface area contributed by atoms with Crippen molar-refractivity contribution in [1.29, 1.82) is 0 Å². The SMILES string of the molecule is CC(C)CCNc1cc(C(=O)NC2CCCC2)ncn1. The Balaban J connectivity index is 1.89. The first-order valence-corrected chi connectivity index (χ1v) is 7.52. The first-order chi connectivity index (χ1) is 9.65. The van der Waals surface area contributed by atoms with Crippen LogP contribution in [0.4, 0.5) is 5.82 Å². The van der Waals surface area contributed by atoms with Crippen LogP contribution in [0.2, 0.25) is 0 Å². The van der Waals surface area contributed by atoms with Crippen LogP contribution in [-0.4, -0.2) is 28.5 Å². The molecule has 1 fully saturated rings. The van der Waals surface area contributed by atoms with Gasteiger partial charge in [-0.25, -0.2) is 9.97 Å². The predicted octanol–water partition coefficient (Wildman–Crippen LogP) is 2.61. The van der Waals surface area contributed by atoms with E-state index in [1.807, 2.05) is 0 Å². The van der Waals surface area contributed by atoms with E-state index in [9.17, 15) is 4.79 Å². The minimum Gasteiger partial charge on any atom is -0.370 e. The highest BCUT2D eigenvalue weighted by Crippen LogP contribution is 2.18. The van der Waals surface area contributed by atoms with Gasteiger partial charge in [0.05, 0.1) is 0 Å². The van der Waals surface area contributed by atoms with Crippen molar-refractivity contribution in [2.45, 2.75) is 52.0 Å². The van der Waals surface area contributed by atoms with Gasteiger partial charge in [0.15, 0.2) is 0 Å². The van der Waals surface area contributed by atoms with Crippen LogP contribution in [0, 0.1) is 5.92 Å². The Morgan fingerprint density at radius 1 is 1.35 bits per heavy atom. The van der Waals surface area contributed by atoms with Crippen LogP contribution in [0.25, 0.3) is 0 Å². The second-order valence-corrected chi connectivity index (χ2v) is 5.85. The van der Waals surface area contributed by atoms with E-state index in [-0.39, 0.29) is 5.91 Å². The number of carbonyl (C=O) groups excluding carboxylic acids is 1. The Morgan fingerprint density at radius 3 is 2.80 bits per heavy atom. The van der Waals surface area contributed by atoms with Gasteiger partial charge in [0, 0.05) is 18.7 Å². The molecular formula is C15H24N4O. The Bertz CT molecular complexity index is 441. The molecule has 0 aliphatic heterocycles. The summed E-state index contributed by atoms with van der Waals surface area (Å²) in [4.78, 5) is 20.3. The summed E-state index contributed by atoms with van der Waals surface area (Å²) in [5.74, 6) is 1.28. The molecule has 0 atom stereocenters. The summed E-state index contributed by atoms with van der Waals surface area (Å²) >= 11 is 0. The summed E-state index contributed by atoms with van der Waals surface area (Å²) in [5, 5.41) is 6.27. The first-order valence-electron chi connectivity index (χ1n) is 7.52. The van der Waals surface area contributed by atoms with E-state index in [1.54, 1.807) is 6.07 Å². The molecule has 1 heterocycles. The monoisotopic (exact) mass is 276 g/mol. The van der Waals surface area contributed by atoms with Crippen molar-refractivity contribution in [2.24, 2.45) is 5.92 Å². The van der Waals surface area contributed by atoms with E-state index in [0.717, 1.165) is 31.6 Å². The molecular weight excluding hydrogens is 252 g/mol. The minimum atomic E-state index is -0.0915. The number of carbonyl (C=O) groups is 1. The fourth-order valence-corrected chi connectivity index (χ4v) is 2.40. The predicted molar refractivity (Wildman–Crippen MR) is 79.7 cm³/mol. The van der Waals surface area contributed by atoms with Crippen LogP contribution in [0.15, 0.2) is 12.4 Å². The van der Waals surface area contributed by atoms with Crippen LogP contribution in [0.1, 0.15) is 56.4 Å². The van der Waals surface area contributed by atoms with Crippen molar-refractivity contribution in [3.05, 3.63) is 18.1 Å². The quantitative estimate of drug-likeness (QED) is 0.838. The van der Waals surface area contributed by atoms with E-state index in [0.29, 0.717) is 17.7 Å². The molecule has 110 valence electrons. The van der Waals surface area contributed by atoms with Crippen LogP contribution in [0.5, 0.6) is 0 Å². The summed E-state index contributed by atoms with van der Waals surface area (Å²) < 4.78 is 0. The number of amides is 1. The molecule has 0 spiro atoms. The Kier molecular flexibility index (Phi) is 5.32. The third kappa shape index (κ3) is 4.47. The largest absolute Gasteiger partial charge is 0.370 e. The lowest BCUT2D eigenvalue weighted by Crippen LogP contribution is -2.33. The maximum absolute atomic E-state index is 12.1. The number of rotatable bonds is 6. The van der Waals surface area contributed by atoms with Gasteiger partial charge in [-0.2, -0.15) is 0 Å². The van der Waals surface area contributed by atoms with Gasteiger partial charge in [0.25, 0.3) is 5.91 Å². The Hall–Kier alpha value is -1.65. The molecule has 20 heavy (non-hydrogen) atoms. The van der Waals surface area contributed by atoms with Gasteiger partial charge in [-0.05, 0) is 25.2 Å². The van der Waals surface area contributed by atoms with Crippen LogP contribution in [0.3, 0.4) is 0 Å². The molecule has 1 aliphatic rings. The number of nitrogens with one attached hydrogen (secondary N) is 2. The third-order valence-electron chi connectivity index (χ3n) is 3.62. The zero-order valence-corrected chi connectivity index (χ0v) is 12.4. The number of hydrogen-bond donors (Lipinski definition) is 2. The van der Waals surface area contributed by atoms with Gasteiger partial charge < -0.3 is 10.6 Å². The Labute approximate surface area is 120 Å². The molecule has 1 amide bonds. The molecule has 1 aromatic heterocycles. The molecule has 0 saturated heterocycles. The average molecular weight is 276 g/mol. The molecule has 2 rings (SSSR count). The molecule has 0 unspecified atom stereocenters. The number of hydrogen-bond acceptors (Lipinski definition) is 4. The molecule has 0 aromatic carbocycles. The number of aromatic nitrogens is 2. The third-order valence-corrected chi connectivity index (χ3v) is 3.62. The maximum atomic E-state index is 12.1. The first kappa shape index (κ1) is 14.8. The van der Waals surface area contributed by atoms with Gasteiger partial charge in [0.2, 0.25) is 0 Å². The van der Waals surface area contributed by atoms with E-state index < -0.39 is 0 Å². The molecule has 1 aliphatic carbocycles. The van der Waals surface area contributed by atoms with E-state index in [2.05, 4.69) is 34.4 Å². The highest BCUT2D eigenvalue weighted by Gasteiger charge is 2.18. The van der Waals surface area contributed by atoms with Gasteiger partial charge in [-0.3, -0.25) is 4.79 Å². The normalized spacial score (nSPS) is 15.6. The van der Waals surface area contributed by atoms with Crippen LogP contribution in [-0.2, 0) is 0 Å². The lowest BCUT2D eigenvalue weighted by molar-refractivity contribution is 0.0932. The fraction of sp³-hybridized carbons (Fsp3) is 0.667. The fourth-order valence-electron chi connectivity index (χ4n) is 2.40. The second kappa shape index (κ2) is 7.22. The lowest BCUT2D eigenvalue weighted by atomic mass is 10.1. The van der Waals surface area contributed by atoms with Crippen molar-refractivity contribution in [3.63, 3.8) is 0 Å². The van der Waals surface area contributed by atoms with E-state index in [1.165, 1.54) is 19.2 Å². The van der Waals surface area contributed by atoms with Crippen molar-refractivity contribution in [1.82, 2.24) is 15.3 Å². The topological polar surface area (TPSA) is 66.9 Å². The summed E-state index contributed by atoms with van der Waals surface area (Å²) in [5.41, 5.74) is 0.443. The second-order valence-electron chi connectivity index (χ2n) is 5.85. The highest BCUT2D eigenvalue weighted by atomic mass is 16.1. The number of nitrogens with zero attached hydrogens (tertiary/aromatic N) is 2. The highest BCUT2D eigenvalue weighted by molar-refractivity contribution is 5.93. The van der Waals surface area contributed by atoms with Crippen LogP contribution < -0.4 is 10.6 Å². The minimum absolute atomic E-state index is 0.0915. The molecule has 5 nitrogen and oxygen atoms in total. The maximum Gasteiger partial charge on any atom is 0.270 e. The van der Waals surface area contributed by atoms with E-state index >= 15 is 0 Å².